The Balaban J connectivity index is 2.00. The fourth-order valence-electron chi connectivity index (χ4n) is 3.49. The maximum absolute atomic E-state index is 13.8. The molecule has 0 saturated heterocycles. The van der Waals surface area contributed by atoms with Crippen molar-refractivity contribution in [1.29, 1.82) is 0 Å². The number of alkyl halides is 2. The minimum absolute atomic E-state index is 0.0956. The van der Waals surface area contributed by atoms with Crippen LogP contribution in [0.5, 0.6) is 11.5 Å². The van der Waals surface area contributed by atoms with Gasteiger partial charge < -0.3 is 9.47 Å². The molecule has 0 N–H and O–H groups in total. The molecule has 140 valence electrons. The third kappa shape index (κ3) is 3.14. The summed E-state index contributed by atoms with van der Waals surface area (Å²) in [5.74, 6) is 0.747. The minimum atomic E-state index is -3.64. The van der Waals surface area contributed by atoms with Gasteiger partial charge in [-0.2, -0.15) is 0 Å². The van der Waals surface area contributed by atoms with Crippen molar-refractivity contribution in [2.75, 3.05) is 0 Å². The normalized spacial score (nSPS) is 15.1. The molecule has 4 heteroatoms. The lowest BCUT2D eigenvalue weighted by Crippen LogP contribution is -2.26. The van der Waals surface area contributed by atoms with Gasteiger partial charge in [-0.3, -0.25) is 0 Å². The number of benzene rings is 3. The van der Waals surface area contributed by atoms with E-state index in [1.54, 1.807) is 6.07 Å². The van der Waals surface area contributed by atoms with E-state index in [-0.39, 0.29) is 17.4 Å². The van der Waals surface area contributed by atoms with Crippen LogP contribution in [0, 0.1) is 0 Å². The molecule has 0 saturated carbocycles. The summed E-state index contributed by atoms with van der Waals surface area (Å²) in [5, 5.41) is 2.08. The van der Waals surface area contributed by atoms with E-state index >= 15 is 0 Å². The zero-order valence-corrected chi connectivity index (χ0v) is 15.8. The van der Waals surface area contributed by atoms with E-state index in [1.165, 1.54) is 5.56 Å². The first-order chi connectivity index (χ1) is 12.7. The Kier molecular flexibility index (Phi) is 4.10. The molecule has 3 aromatic rings. The van der Waals surface area contributed by atoms with E-state index in [0.29, 0.717) is 11.5 Å². The molecule has 1 aliphatic rings. The first-order valence-corrected chi connectivity index (χ1v) is 9.22. The van der Waals surface area contributed by atoms with Crippen LogP contribution in [0.25, 0.3) is 21.9 Å². The summed E-state index contributed by atoms with van der Waals surface area (Å²) in [7, 11) is 0. The van der Waals surface area contributed by atoms with Crippen LogP contribution in [0.4, 0.5) is 8.78 Å². The summed E-state index contributed by atoms with van der Waals surface area (Å²) in [6.07, 6.45) is -3.64. The molecular formula is C23H22F2O2. The molecule has 0 spiro atoms. The first-order valence-electron chi connectivity index (χ1n) is 9.22. The second-order valence-electron chi connectivity index (χ2n) is 7.66. The minimum Gasteiger partial charge on any atom is -0.395 e. The Morgan fingerprint density at radius 1 is 0.778 bits per heavy atom. The van der Waals surface area contributed by atoms with E-state index in [4.69, 9.17) is 9.47 Å². The van der Waals surface area contributed by atoms with E-state index in [1.807, 2.05) is 38.1 Å². The molecule has 0 aliphatic carbocycles. The van der Waals surface area contributed by atoms with Crippen molar-refractivity contribution in [3.8, 4) is 22.6 Å². The first kappa shape index (κ1) is 17.8. The van der Waals surface area contributed by atoms with Gasteiger partial charge in [0.05, 0.1) is 0 Å². The molecule has 27 heavy (non-hydrogen) atoms. The molecule has 3 aromatic carbocycles. The summed E-state index contributed by atoms with van der Waals surface area (Å²) in [5.41, 5.74) is 3.64. The van der Waals surface area contributed by atoms with E-state index < -0.39 is 6.29 Å². The average Bonchev–Trinajstić information content (AvgIpc) is 2.93. The van der Waals surface area contributed by atoms with Crippen LogP contribution in [0.3, 0.4) is 0 Å². The Morgan fingerprint density at radius 3 is 2.22 bits per heavy atom. The number of hydrogen-bond donors (Lipinski definition) is 0. The second-order valence-corrected chi connectivity index (χ2v) is 7.66. The number of ether oxygens (including phenoxy) is 2. The molecule has 0 atom stereocenters. The molecule has 4 rings (SSSR count). The lowest BCUT2D eigenvalue weighted by Gasteiger charge is -2.15. The molecule has 0 amide bonds. The van der Waals surface area contributed by atoms with Gasteiger partial charge in [-0.25, -0.2) is 0 Å². The van der Waals surface area contributed by atoms with Crippen molar-refractivity contribution in [3.05, 3.63) is 59.7 Å². The van der Waals surface area contributed by atoms with Crippen LogP contribution in [0.1, 0.15) is 50.7 Å². The zero-order valence-electron chi connectivity index (χ0n) is 15.8. The highest BCUT2D eigenvalue weighted by Crippen LogP contribution is 2.50. The highest BCUT2D eigenvalue weighted by molar-refractivity contribution is 5.99. The van der Waals surface area contributed by atoms with Gasteiger partial charge in [0.25, 0.3) is 0 Å². The van der Waals surface area contributed by atoms with E-state index in [9.17, 15) is 8.78 Å². The van der Waals surface area contributed by atoms with Gasteiger partial charge in [-0.15, -0.1) is 8.78 Å². The maximum atomic E-state index is 13.8. The molecule has 1 heterocycles. The van der Waals surface area contributed by atoms with Crippen molar-refractivity contribution in [1.82, 2.24) is 0 Å². The third-order valence-corrected chi connectivity index (χ3v) is 5.06. The Morgan fingerprint density at radius 2 is 1.52 bits per heavy atom. The summed E-state index contributed by atoms with van der Waals surface area (Å²) in [4.78, 5) is 0. The lowest BCUT2D eigenvalue weighted by atomic mass is 9.91. The zero-order chi connectivity index (χ0) is 19.3. The molecular weight excluding hydrogens is 346 g/mol. The third-order valence-electron chi connectivity index (χ3n) is 5.06. The van der Waals surface area contributed by atoms with Crippen LogP contribution in [0.2, 0.25) is 0 Å². The van der Waals surface area contributed by atoms with Gasteiger partial charge in [-0.05, 0) is 51.4 Å². The summed E-state index contributed by atoms with van der Waals surface area (Å²) in [6.45, 7) is 8.33. The molecule has 0 radical (unpaired) electrons. The Bertz CT molecular complexity index is 1020. The van der Waals surface area contributed by atoms with Gasteiger partial charge in [0.2, 0.25) is 0 Å². The second kappa shape index (κ2) is 6.22. The number of hydrogen-bond acceptors (Lipinski definition) is 2. The smallest absolute Gasteiger partial charge is 0.395 e. The van der Waals surface area contributed by atoms with Crippen LogP contribution in [-0.2, 0) is 0 Å². The van der Waals surface area contributed by atoms with Gasteiger partial charge in [-0.1, -0.05) is 64.1 Å². The summed E-state index contributed by atoms with van der Waals surface area (Å²) >= 11 is 0. The fourth-order valence-corrected chi connectivity index (χ4v) is 3.49. The summed E-state index contributed by atoms with van der Waals surface area (Å²) < 4.78 is 37.3. The van der Waals surface area contributed by atoms with Crippen molar-refractivity contribution in [2.24, 2.45) is 0 Å². The highest BCUT2D eigenvalue weighted by Gasteiger charge is 2.45. The Hall–Kier alpha value is -2.62. The van der Waals surface area contributed by atoms with Gasteiger partial charge >= 0.3 is 6.29 Å². The van der Waals surface area contributed by atoms with E-state index in [2.05, 4.69) is 32.0 Å². The standard InChI is InChI=1S/C23H22F2O2/c1-13(2)16-9-8-15-6-5-7-18(19(15)10-16)20-11-17(14(3)4)12-21-22(20)27-23(24,25)26-21/h5-14H,1-4H3. The predicted molar refractivity (Wildman–Crippen MR) is 104 cm³/mol. The molecule has 0 fully saturated rings. The van der Waals surface area contributed by atoms with Crippen LogP contribution < -0.4 is 9.47 Å². The van der Waals surface area contributed by atoms with Gasteiger partial charge in [0.15, 0.2) is 11.5 Å². The van der Waals surface area contributed by atoms with Crippen LogP contribution in [0.15, 0.2) is 48.5 Å². The van der Waals surface area contributed by atoms with Gasteiger partial charge in [0.1, 0.15) is 0 Å². The van der Waals surface area contributed by atoms with Crippen molar-refractivity contribution >= 4 is 10.8 Å². The average molecular weight is 368 g/mol. The maximum Gasteiger partial charge on any atom is 0.586 e. The van der Waals surface area contributed by atoms with Crippen LogP contribution >= 0.6 is 0 Å². The Labute approximate surface area is 157 Å². The van der Waals surface area contributed by atoms with E-state index in [0.717, 1.165) is 21.9 Å². The SMILES string of the molecule is CC(C)c1cc2c(c(-c3cccc4ccc(C(C)C)cc34)c1)OC(F)(F)O2. The lowest BCUT2D eigenvalue weighted by molar-refractivity contribution is -0.286. The highest BCUT2D eigenvalue weighted by atomic mass is 19.3. The van der Waals surface area contributed by atoms with Crippen molar-refractivity contribution in [2.45, 2.75) is 45.8 Å². The largest absolute Gasteiger partial charge is 0.586 e. The number of rotatable bonds is 3. The van der Waals surface area contributed by atoms with Crippen molar-refractivity contribution < 1.29 is 18.3 Å². The molecule has 0 aromatic heterocycles. The molecule has 0 unspecified atom stereocenters. The fraction of sp³-hybridized carbons (Fsp3) is 0.304. The molecule has 0 bridgehead atoms. The monoisotopic (exact) mass is 368 g/mol. The topological polar surface area (TPSA) is 18.5 Å². The van der Waals surface area contributed by atoms with Gasteiger partial charge in [0, 0.05) is 5.56 Å². The quantitative estimate of drug-likeness (QED) is 0.492. The molecule has 2 nitrogen and oxygen atoms in total. The van der Waals surface area contributed by atoms with Crippen molar-refractivity contribution in [3.63, 3.8) is 0 Å². The number of fused-ring (bicyclic) bond motifs is 2. The predicted octanol–water partition coefficient (Wildman–Crippen LogP) is 7.08. The molecule has 1 aliphatic heterocycles. The van der Waals surface area contributed by atoms with Crippen LogP contribution in [-0.4, -0.2) is 6.29 Å². The number of halogens is 2. The summed E-state index contributed by atoms with van der Waals surface area (Å²) in [6, 6.07) is 15.8.